The van der Waals surface area contributed by atoms with Crippen molar-refractivity contribution in [3.8, 4) is 11.5 Å². The number of carbonyl (C=O) groups excluding carboxylic acids is 1. The second-order valence-electron chi connectivity index (χ2n) is 8.10. The lowest BCUT2D eigenvalue weighted by Crippen LogP contribution is -2.72. The number of anilines is 2. The Balaban J connectivity index is 1.63. The molecule has 1 fully saturated rings. The average molecular weight is 480 g/mol. The second kappa shape index (κ2) is 8.24. The van der Waals surface area contributed by atoms with Gasteiger partial charge >= 0.3 is 0 Å². The van der Waals surface area contributed by atoms with Crippen LogP contribution in [0.5, 0.6) is 11.5 Å². The van der Waals surface area contributed by atoms with Gasteiger partial charge in [0, 0.05) is 16.3 Å². The normalized spacial score (nSPS) is 23.1. The van der Waals surface area contributed by atoms with Gasteiger partial charge in [0.15, 0.2) is 10.8 Å². The number of para-hydroxylation sites is 3. The van der Waals surface area contributed by atoms with E-state index in [-0.39, 0.29) is 11.9 Å². The summed E-state index contributed by atoms with van der Waals surface area (Å²) in [5.41, 5.74) is 1.12. The first kappa shape index (κ1) is 21.6. The lowest BCUT2D eigenvalue weighted by molar-refractivity contribution is -0.130. The summed E-state index contributed by atoms with van der Waals surface area (Å²) in [5, 5.41) is 7.47. The molecule has 2 aliphatic heterocycles. The van der Waals surface area contributed by atoms with Gasteiger partial charge < -0.3 is 20.1 Å². The fourth-order valence-electron chi connectivity index (χ4n) is 4.66. The highest BCUT2D eigenvalue weighted by atomic mass is 35.5. The number of fused-ring (bicyclic) bond motifs is 4. The van der Waals surface area contributed by atoms with Gasteiger partial charge in [0.25, 0.3) is 0 Å². The second-order valence-corrected chi connectivity index (χ2v) is 8.93. The van der Waals surface area contributed by atoms with Crippen LogP contribution in [0.25, 0.3) is 0 Å². The molecule has 0 saturated carbocycles. The highest BCUT2D eigenvalue weighted by Gasteiger charge is 2.59. The van der Waals surface area contributed by atoms with Crippen LogP contribution in [0, 0.1) is 5.92 Å². The summed E-state index contributed by atoms with van der Waals surface area (Å²) < 4.78 is 12.2. The van der Waals surface area contributed by atoms with E-state index in [2.05, 4.69) is 10.6 Å². The van der Waals surface area contributed by atoms with Crippen molar-refractivity contribution >= 4 is 46.2 Å². The van der Waals surface area contributed by atoms with Crippen LogP contribution in [0.1, 0.15) is 18.5 Å². The molecule has 168 valence electrons. The molecule has 2 aliphatic rings. The van der Waals surface area contributed by atoms with E-state index in [0.29, 0.717) is 33.0 Å². The smallest absolute Gasteiger partial charge is 0.236 e. The first-order valence-corrected chi connectivity index (χ1v) is 11.3. The minimum Gasteiger partial charge on any atom is -0.495 e. The predicted molar refractivity (Wildman–Crippen MR) is 133 cm³/mol. The lowest BCUT2D eigenvalue weighted by Gasteiger charge is -2.56. The molecule has 2 N–H and O–H groups in total. The van der Waals surface area contributed by atoms with Crippen LogP contribution in [0.4, 0.5) is 11.4 Å². The Morgan fingerprint density at radius 2 is 1.82 bits per heavy atom. The molecule has 0 aromatic heterocycles. The van der Waals surface area contributed by atoms with Gasteiger partial charge in [-0.25, -0.2) is 0 Å². The predicted octanol–water partition coefficient (Wildman–Crippen LogP) is 5.15. The number of nitrogens with one attached hydrogen (secondary N) is 2. The van der Waals surface area contributed by atoms with E-state index >= 15 is 0 Å². The van der Waals surface area contributed by atoms with Crippen LogP contribution < -0.4 is 25.0 Å². The summed E-state index contributed by atoms with van der Waals surface area (Å²) >= 11 is 11.8. The van der Waals surface area contributed by atoms with Crippen LogP contribution in [0.3, 0.4) is 0 Å². The highest BCUT2D eigenvalue weighted by Crippen LogP contribution is 2.50. The molecule has 0 spiro atoms. The highest BCUT2D eigenvalue weighted by molar-refractivity contribution is 7.80. The first-order chi connectivity index (χ1) is 15.9. The van der Waals surface area contributed by atoms with Crippen molar-refractivity contribution in [3.63, 3.8) is 0 Å². The third-order valence-corrected chi connectivity index (χ3v) is 6.68. The lowest BCUT2D eigenvalue weighted by atomic mass is 9.78. The minimum absolute atomic E-state index is 0.200. The van der Waals surface area contributed by atoms with Gasteiger partial charge in [0.2, 0.25) is 5.91 Å². The molecule has 2 heterocycles. The Morgan fingerprint density at radius 3 is 2.58 bits per heavy atom. The molecule has 3 aromatic carbocycles. The zero-order chi connectivity index (χ0) is 23.2. The Hall–Kier alpha value is -3.29. The molecule has 33 heavy (non-hydrogen) atoms. The van der Waals surface area contributed by atoms with Gasteiger partial charge in [0.05, 0.1) is 18.8 Å². The van der Waals surface area contributed by atoms with Crippen LogP contribution in [-0.4, -0.2) is 23.9 Å². The molecule has 1 amide bonds. The zero-order valence-corrected chi connectivity index (χ0v) is 19.6. The van der Waals surface area contributed by atoms with Gasteiger partial charge in [-0.05, 0) is 61.6 Å². The number of hydrogen-bond donors (Lipinski definition) is 2. The van der Waals surface area contributed by atoms with Crippen LogP contribution in [0.15, 0.2) is 72.8 Å². The van der Waals surface area contributed by atoms with E-state index in [9.17, 15) is 4.79 Å². The standard InChI is InChI=1S/C25H22ClN3O3S/c1-25-21(23(30)27-16-13-11-15(26)12-14-16)22(17-7-3-5-9-19(17)32-25)28-24(33)29(25)18-8-4-6-10-20(18)31-2/h3-14,21-22H,1-2H3,(H,27,30)(H,28,33). The van der Waals surface area contributed by atoms with Crippen molar-refractivity contribution in [2.45, 2.75) is 18.7 Å². The molecule has 6 nitrogen and oxygen atoms in total. The summed E-state index contributed by atoms with van der Waals surface area (Å²) in [6, 6.07) is 21.9. The van der Waals surface area contributed by atoms with Gasteiger partial charge in [-0.1, -0.05) is 41.9 Å². The van der Waals surface area contributed by atoms with E-state index in [1.165, 1.54) is 0 Å². The van der Waals surface area contributed by atoms with E-state index in [0.717, 1.165) is 5.56 Å². The average Bonchev–Trinajstić information content (AvgIpc) is 2.80. The molecular weight excluding hydrogens is 458 g/mol. The number of rotatable bonds is 4. The van der Waals surface area contributed by atoms with Crippen molar-refractivity contribution in [3.05, 3.63) is 83.4 Å². The Kier molecular flexibility index (Phi) is 5.38. The SMILES string of the molecule is COc1ccccc1N1C(=S)NC2c3ccccc3OC1(C)C2C(=O)Nc1ccc(Cl)cc1. The monoisotopic (exact) mass is 479 g/mol. The third-order valence-electron chi connectivity index (χ3n) is 6.13. The number of amides is 1. The van der Waals surface area contributed by atoms with Crippen molar-refractivity contribution in [1.29, 1.82) is 0 Å². The molecular formula is C25H22ClN3O3S. The van der Waals surface area contributed by atoms with Gasteiger partial charge in [-0.2, -0.15) is 0 Å². The number of methoxy groups -OCH3 is 1. The molecule has 8 heteroatoms. The van der Waals surface area contributed by atoms with Crippen molar-refractivity contribution in [2.75, 3.05) is 17.3 Å². The van der Waals surface area contributed by atoms with E-state index in [1.807, 2.05) is 60.4 Å². The van der Waals surface area contributed by atoms with Gasteiger partial charge in [-0.3, -0.25) is 9.69 Å². The van der Waals surface area contributed by atoms with Crippen LogP contribution in [-0.2, 0) is 4.79 Å². The number of halogens is 1. The maximum absolute atomic E-state index is 13.8. The summed E-state index contributed by atoms with van der Waals surface area (Å²) in [6.45, 7) is 1.89. The Labute approximate surface area is 202 Å². The topological polar surface area (TPSA) is 62.8 Å². The number of carbonyl (C=O) groups is 1. The third kappa shape index (κ3) is 3.57. The summed E-state index contributed by atoms with van der Waals surface area (Å²) in [6.07, 6.45) is 0. The van der Waals surface area contributed by atoms with Crippen LogP contribution in [0.2, 0.25) is 5.02 Å². The van der Waals surface area contributed by atoms with E-state index in [1.54, 1.807) is 31.4 Å². The molecule has 1 saturated heterocycles. The van der Waals surface area contributed by atoms with Crippen molar-refractivity contribution in [2.24, 2.45) is 5.92 Å². The van der Waals surface area contributed by atoms with Gasteiger partial charge in [-0.15, -0.1) is 0 Å². The maximum Gasteiger partial charge on any atom is 0.236 e. The molecule has 2 bridgehead atoms. The number of nitrogens with zero attached hydrogens (tertiary/aromatic N) is 1. The summed E-state index contributed by atoms with van der Waals surface area (Å²) in [5.74, 6) is 0.491. The zero-order valence-electron chi connectivity index (χ0n) is 18.0. The molecule has 0 radical (unpaired) electrons. The number of benzene rings is 3. The fraction of sp³-hybridized carbons (Fsp3) is 0.200. The Bertz CT molecular complexity index is 1240. The number of thiocarbonyl (C=S) groups is 1. The molecule has 5 rings (SSSR count). The van der Waals surface area contributed by atoms with Crippen LogP contribution >= 0.6 is 23.8 Å². The van der Waals surface area contributed by atoms with Crippen molar-refractivity contribution < 1.29 is 14.3 Å². The molecule has 3 aromatic rings. The maximum atomic E-state index is 13.8. The summed E-state index contributed by atoms with van der Waals surface area (Å²) in [4.78, 5) is 15.6. The largest absolute Gasteiger partial charge is 0.495 e. The molecule has 3 unspecified atom stereocenters. The number of ether oxygens (including phenoxy) is 2. The Morgan fingerprint density at radius 1 is 1.12 bits per heavy atom. The number of hydrogen-bond acceptors (Lipinski definition) is 4. The molecule has 0 aliphatic carbocycles. The van der Waals surface area contributed by atoms with E-state index in [4.69, 9.17) is 33.3 Å². The van der Waals surface area contributed by atoms with Gasteiger partial charge in [0.1, 0.15) is 17.4 Å². The van der Waals surface area contributed by atoms with Crippen molar-refractivity contribution in [1.82, 2.24) is 5.32 Å². The molecule has 3 atom stereocenters. The summed E-state index contributed by atoms with van der Waals surface area (Å²) in [7, 11) is 1.60. The minimum atomic E-state index is -1.12. The quantitative estimate of drug-likeness (QED) is 0.505. The fourth-order valence-corrected chi connectivity index (χ4v) is 5.19. The van der Waals surface area contributed by atoms with E-state index < -0.39 is 11.6 Å². The first-order valence-electron chi connectivity index (χ1n) is 10.5.